The molecule has 0 atom stereocenters. The molecule has 0 radical (unpaired) electrons. The summed E-state index contributed by atoms with van der Waals surface area (Å²) in [5.41, 5.74) is 3.12. The maximum Gasteiger partial charge on any atom is 0.158 e. The number of halogens is 1. The van der Waals surface area contributed by atoms with Crippen LogP contribution in [0.5, 0.6) is 0 Å². The molecule has 3 rings (SSSR count). The molecule has 1 fully saturated rings. The second-order valence-electron chi connectivity index (χ2n) is 5.75. The van der Waals surface area contributed by atoms with E-state index in [-0.39, 0.29) is 0 Å². The molecule has 0 bridgehead atoms. The fraction of sp³-hybridized carbons (Fsp3) is 0.733. The molecule has 5 nitrogen and oxygen atoms in total. The average Bonchev–Trinajstić information content (AvgIpc) is 3.19. The van der Waals surface area contributed by atoms with Crippen LogP contribution in [0, 0.1) is 6.92 Å². The number of hydrogen-bond donors (Lipinski definition) is 0. The maximum atomic E-state index is 6.11. The molecular weight excluding hydrogens is 286 g/mol. The highest BCUT2D eigenvalue weighted by molar-refractivity contribution is 6.16. The molecule has 0 unspecified atom stereocenters. The molecule has 0 spiro atoms. The number of alkyl halides is 1. The Morgan fingerprint density at radius 3 is 2.67 bits per heavy atom. The molecule has 1 aliphatic rings. The Morgan fingerprint density at radius 1 is 1.33 bits per heavy atom. The lowest BCUT2D eigenvalue weighted by Crippen LogP contribution is -2.30. The number of aromatic nitrogens is 4. The van der Waals surface area contributed by atoms with E-state index in [1.54, 1.807) is 0 Å². The molecule has 0 N–H and O–H groups in total. The summed E-state index contributed by atoms with van der Waals surface area (Å²) in [7, 11) is 0. The first-order chi connectivity index (χ1) is 10.2. The van der Waals surface area contributed by atoms with Gasteiger partial charge in [-0.2, -0.15) is 5.10 Å². The summed E-state index contributed by atoms with van der Waals surface area (Å²) >= 11 is 6.11. The minimum atomic E-state index is 0.452. The van der Waals surface area contributed by atoms with Gasteiger partial charge >= 0.3 is 0 Å². The number of fused-ring (bicyclic) bond motifs is 1. The highest BCUT2D eigenvalue weighted by Gasteiger charge is 2.28. The van der Waals surface area contributed by atoms with Crippen molar-refractivity contribution in [3.05, 3.63) is 11.5 Å². The topological polar surface area (TPSA) is 38.9 Å². The van der Waals surface area contributed by atoms with E-state index < -0.39 is 0 Å². The molecule has 6 heteroatoms. The molecule has 0 aromatic carbocycles. The van der Waals surface area contributed by atoms with Crippen LogP contribution in [0.25, 0.3) is 11.2 Å². The van der Waals surface area contributed by atoms with Crippen molar-refractivity contribution < 1.29 is 0 Å². The lowest BCUT2D eigenvalue weighted by Gasteiger charge is -2.20. The van der Waals surface area contributed by atoms with Gasteiger partial charge in [-0.25, -0.2) is 9.67 Å². The molecule has 0 saturated heterocycles. The van der Waals surface area contributed by atoms with Gasteiger partial charge in [0.2, 0.25) is 0 Å². The van der Waals surface area contributed by atoms with Crippen LogP contribution in [0.15, 0.2) is 0 Å². The van der Waals surface area contributed by atoms with E-state index in [2.05, 4.69) is 28.4 Å². The summed E-state index contributed by atoms with van der Waals surface area (Å²) < 4.78 is 4.30. The predicted octanol–water partition coefficient (Wildman–Crippen LogP) is 2.78. The fourth-order valence-electron chi connectivity index (χ4n) is 3.09. The average molecular weight is 310 g/mol. The van der Waals surface area contributed by atoms with E-state index in [0.717, 1.165) is 54.9 Å². The van der Waals surface area contributed by atoms with Crippen molar-refractivity contribution in [2.24, 2.45) is 0 Å². The van der Waals surface area contributed by atoms with Crippen LogP contribution in [0.3, 0.4) is 0 Å². The fourth-order valence-corrected chi connectivity index (χ4v) is 3.30. The first-order valence-corrected chi connectivity index (χ1v) is 8.45. The Kier molecular flexibility index (Phi) is 4.22. The first kappa shape index (κ1) is 14.9. The van der Waals surface area contributed by atoms with Crippen molar-refractivity contribution in [2.75, 3.05) is 13.1 Å². The number of hydrogen-bond acceptors (Lipinski definition) is 3. The van der Waals surface area contributed by atoms with E-state index in [1.165, 1.54) is 12.8 Å². The third-order valence-corrected chi connectivity index (χ3v) is 4.62. The number of nitrogens with zero attached hydrogens (tertiary/aromatic N) is 5. The zero-order valence-electron chi connectivity index (χ0n) is 13.1. The minimum absolute atomic E-state index is 0.452. The molecule has 2 heterocycles. The van der Waals surface area contributed by atoms with Gasteiger partial charge in [-0.3, -0.25) is 4.90 Å². The van der Waals surface area contributed by atoms with Crippen LogP contribution < -0.4 is 0 Å². The van der Waals surface area contributed by atoms with Gasteiger partial charge in [0.25, 0.3) is 0 Å². The predicted molar refractivity (Wildman–Crippen MR) is 85.8 cm³/mol. The molecule has 0 amide bonds. The molecule has 116 valence electrons. The summed E-state index contributed by atoms with van der Waals surface area (Å²) in [4.78, 5) is 7.25. The van der Waals surface area contributed by atoms with Crippen LogP contribution in [0.1, 0.15) is 38.2 Å². The largest absolute Gasteiger partial charge is 0.311 e. The Labute approximate surface area is 130 Å². The molecular formula is C15H24ClN5. The van der Waals surface area contributed by atoms with Crippen molar-refractivity contribution >= 4 is 22.8 Å². The number of likely N-dealkylation sites (N-methyl/N-ethyl adjacent to an activating group) is 1. The highest BCUT2D eigenvalue weighted by atomic mass is 35.5. The van der Waals surface area contributed by atoms with Crippen LogP contribution in [0.4, 0.5) is 0 Å². The molecule has 2 aromatic heterocycles. The lowest BCUT2D eigenvalue weighted by molar-refractivity contribution is 0.266. The zero-order chi connectivity index (χ0) is 15.0. The van der Waals surface area contributed by atoms with Crippen molar-refractivity contribution in [1.29, 1.82) is 0 Å². The summed E-state index contributed by atoms with van der Waals surface area (Å²) in [6.07, 6.45) is 2.70. The number of rotatable bonds is 7. The van der Waals surface area contributed by atoms with E-state index in [0.29, 0.717) is 5.88 Å². The van der Waals surface area contributed by atoms with Gasteiger partial charge in [-0.15, -0.1) is 11.6 Å². The molecule has 2 aromatic rings. The monoisotopic (exact) mass is 309 g/mol. The van der Waals surface area contributed by atoms with Gasteiger partial charge in [0.1, 0.15) is 11.3 Å². The molecule has 21 heavy (non-hydrogen) atoms. The van der Waals surface area contributed by atoms with Gasteiger partial charge < -0.3 is 4.57 Å². The lowest BCUT2D eigenvalue weighted by atomic mass is 10.4. The van der Waals surface area contributed by atoms with Crippen LogP contribution >= 0.6 is 11.6 Å². The summed E-state index contributed by atoms with van der Waals surface area (Å²) in [6, 6.07) is 0.797. The Morgan fingerprint density at radius 2 is 2.10 bits per heavy atom. The minimum Gasteiger partial charge on any atom is -0.311 e. The normalized spacial score (nSPS) is 15.5. The van der Waals surface area contributed by atoms with Crippen molar-refractivity contribution in [3.63, 3.8) is 0 Å². The van der Waals surface area contributed by atoms with E-state index >= 15 is 0 Å². The van der Waals surface area contributed by atoms with Crippen molar-refractivity contribution in [2.45, 2.75) is 58.6 Å². The van der Waals surface area contributed by atoms with Gasteiger partial charge in [0.05, 0.1) is 11.6 Å². The quantitative estimate of drug-likeness (QED) is 0.738. The van der Waals surface area contributed by atoms with Gasteiger partial charge in [-0.05, 0) is 33.2 Å². The second-order valence-corrected chi connectivity index (χ2v) is 6.01. The van der Waals surface area contributed by atoms with E-state index in [9.17, 15) is 0 Å². The number of imidazole rings is 1. The SMILES string of the molecule is CCN(CCn1c(CCl)nc2c(C)nn(CC)c21)C1CC1. The van der Waals surface area contributed by atoms with Crippen molar-refractivity contribution in [1.82, 2.24) is 24.2 Å². The van der Waals surface area contributed by atoms with Gasteiger partial charge in [0.15, 0.2) is 5.65 Å². The Balaban J connectivity index is 1.91. The van der Waals surface area contributed by atoms with Crippen LogP contribution in [-0.4, -0.2) is 43.4 Å². The molecule has 0 aliphatic heterocycles. The zero-order valence-corrected chi connectivity index (χ0v) is 13.9. The van der Waals surface area contributed by atoms with Gasteiger partial charge in [0, 0.05) is 25.7 Å². The van der Waals surface area contributed by atoms with Crippen molar-refractivity contribution in [3.8, 4) is 0 Å². The van der Waals surface area contributed by atoms with Crippen LogP contribution in [-0.2, 0) is 19.0 Å². The molecule has 1 saturated carbocycles. The second kappa shape index (κ2) is 5.97. The van der Waals surface area contributed by atoms with E-state index in [4.69, 9.17) is 16.6 Å². The van der Waals surface area contributed by atoms with Gasteiger partial charge in [-0.1, -0.05) is 6.92 Å². The van der Waals surface area contributed by atoms with E-state index in [1.807, 2.05) is 11.6 Å². The standard InChI is InChI=1S/C15H24ClN5/c1-4-19(12-6-7-12)8-9-20-13(10-16)17-14-11(3)18-21(5-2)15(14)20/h12H,4-10H2,1-3H3. The summed E-state index contributed by atoms with van der Waals surface area (Å²) in [5.74, 6) is 1.41. The maximum absolute atomic E-state index is 6.11. The third kappa shape index (κ3) is 2.69. The van der Waals surface area contributed by atoms with Crippen LogP contribution in [0.2, 0.25) is 0 Å². The number of aryl methyl sites for hydroxylation is 2. The summed E-state index contributed by atoms with van der Waals surface area (Å²) in [5, 5.41) is 4.58. The third-order valence-electron chi connectivity index (χ3n) is 4.38. The smallest absolute Gasteiger partial charge is 0.158 e. The Hall–Kier alpha value is -1.07. The Bertz CT molecular complexity index is 626. The highest BCUT2D eigenvalue weighted by Crippen LogP contribution is 2.27. The first-order valence-electron chi connectivity index (χ1n) is 7.92. The molecule has 1 aliphatic carbocycles. The summed E-state index contributed by atoms with van der Waals surface area (Å²) in [6.45, 7) is 10.4.